The number of amides is 1. The molecule has 27 heavy (non-hydrogen) atoms. The van der Waals surface area contributed by atoms with Gasteiger partial charge in [0, 0.05) is 32.6 Å². The van der Waals surface area contributed by atoms with Gasteiger partial charge in [0.25, 0.3) is 0 Å². The Morgan fingerprint density at radius 1 is 1.07 bits per heavy atom. The van der Waals surface area contributed by atoms with E-state index in [9.17, 15) is 4.79 Å². The number of fused-ring (bicyclic) bond motifs is 1. The van der Waals surface area contributed by atoms with Crippen LogP contribution in [0.2, 0.25) is 0 Å². The summed E-state index contributed by atoms with van der Waals surface area (Å²) in [5.74, 6) is 0.259. The van der Waals surface area contributed by atoms with Gasteiger partial charge in [-0.25, -0.2) is 4.98 Å². The lowest BCUT2D eigenvalue weighted by molar-refractivity contribution is -0.131. The van der Waals surface area contributed by atoms with Gasteiger partial charge < -0.3 is 9.80 Å². The van der Waals surface area contributed by atoms with Crippen molar-refractivity contribution < 1.29 is 4.79 Å². The zero-order valence-electron chi connectivity index (χ0n) is 15.9. The van der Waals surface area contributed by atoms with E-state index in [4.69, 9.17) is 4.98 Å². The second kappa shape index (κ2) is 7.69. The average Bonchev–Trinajstić information content (AvgIpc) is 3.11. The Morgan fingerprint density at radius 3 is 2.56 bits per heavy atom. The summed E-state index contributed by atoms with van der Waals surface area (Å²) >= 11 is 1.77. The fourth-order valence-electron chi connectivity index (χ4n) is 3.70. The summed E-state index contributed by atoms with van der Waals surface area (Å²) in [6, 6.07) is 14.6. The van der Waals surface area contributed by atoms with Gasteiger partial charge in [-0.05, 0) is 43.0 Å². The Balaban J connectivity index is 1.36. The normalized spacial score (nSPS) is 14.7. The SMILES string of the molecule is Cc1cc(C)c2sc(N3CCN(C(=O)CCc4ccccc4)CC3)nc2c1. The number of aromatic nitrogens is 1. The van der Waals surface area contributed by atoms with Gasteiger partial charge in [-0.3, -0.25) is 4.79 Å². The van der Waals surface area contributed by atoms with Crippen molar-refractivity contribution in [2.45, 2.75) is 26.7 Å². The van der Waals surface area contributed by atoms with Crippen molar-refractivity contribution in [1.29, 1.82) is 0 Å². The molecule has 1 amide bonds. The molecular formula is C22H25N3OS. The van der Waals surface area contributed by atoms with E-state index in [1.807, 2.05) is 23.1 Å². The predicted octanol–water partition coefficient (Wildman–Crippen LogP) is 4.19. The highest BCUT2D eigenvalue weighted by Gasteiger charge is 2.23. The summed E-state index contributed by atoms with van der Waals surface area (Å²) < 4.78 is 1.27. The average molecular weight is 380 g/mol. The zero-order valence-corrected chi connectivity index (χ0v) is 16.8. The van der Waals surface area contributed by atoms with Crippen LogP contribution in [0.1, 0.15) is 23.1 Å². The topological polar surface area (TPSA) is 36.4 Å². The maximum absolute atomic E-state index is 12.5. The second-order valence-electron chi connectivity index (χ2n) is 7.28. The lowest BCUT2D eigenvalue weighted by atomic mass is 10.1. The molecule has 0 saturated carbocycles. The van der Waals surface area contributed by atoms with E-state index >= 15 is 0 Å². The summed E-state index contributed by atoms with van der Waals surface area (Å²) in [6.45, 7) is 7.54. The lowest BCUT2D eigenvalue weighted by Gasteiger charge is -2.34. The van der Waals surface area contributed by atoms with Crippen molar-refractivity contribution in [3.63, 3.8) is 0 Å². The number of thiazole rings is 1. The Morgan fingerprint density at radius 2 is 1.81 bits per heavy atom. The molecule has 0 radical (unpaired) electrons. The molecule has 2 aromatic carbocycles. The van der Waals surface area contributed by atoms with Gasteiger partial charge in [-0.15, -0.1) is 0 Å². The number of anilines is 1. The van der Waals surface area contributed by atoms with Gasteiger partial charge in [0.1, 0.15) is 0 Å². The van der Waals surface area contributed by atoms with Crippen LogP contribution >= 0.6 is 11.3 Å². The van der Waals surface area contributed by atoms with E-state index in [-0.39, 0.29) is 5.91 Å². The summed E-state index contributed by atoms with van der Waals surface area (Å²) in [4.78, 5) is 21.7. The highest BCUT2D eigenvalue weighted by Crippen LogP contribution is 2.32. The maximum Gasteiger partial charge on any atom is 0.223 e. The molecule has 1 aliphatic heterocycles. The number of piperazine rings is 1. The number of benzene rings is 2. The zero-order chi connectivity index (χ0) is 18.8. The Kier molecular flexibility index (Phi) is 5.12. The van der Waals surface area contributed by atoms with Crippen molar-refractivity contribution in [3.8, 4) is 0 Å². The first-order valence-electron chi connectivity index (χ1n) is 9.54. The predicted molar refractivity (Wildman–Crippen MR) is 113 cm³/mol. The molecule has 4 rings (SSSR count). The van der Waals surface area contributed by atoms with E-state index in [0.29, 0.717) is 6.42 Å². The fourth-order valence-corrected chi connectivity index (χ4v) is 4.77. The van der Waals surface area contributed by atoms with E-state index in [0.717, 1.165) is 43.2 Å². The largest absolute Gasteiger partial charge is 0.345 e. The smallest absolute Gasteiger partial charge is 0.223 e. The number of aryl methyl sites for hydroxylation is 3. The van der Waals surface area contributed by atoms with Crippen LogP contribution in [0.5, 0.6) is 0 Å². The van der Waals surface area contributed by atoms with Crippen molar-refractivity contribution in [2.24, 2.45) is 0 Å². The molecule has 5 heteroatoms. The minimum atomic E-state index is 0.259. The Bertz CT molecular complexity index is 943. The molecule has 0 spiro atoms. The molecule has 1 saturated heterocycles. The van der Waals surface area contributed by atoms with Crippen LogP contribution < -0.4 is 4.90 Å². The van der Waals surface area contributed by atoms with Crippen LogP contribution in [0.3, 0.4) is 0 Å². The third-order valence-electron chi connectivity index (χ3n) is 5.18. The van der Waals surface area contributed by atoms with E-state index < -0.39 is 0 Å². The monoisotopic (exact) mass is 379 g/mol. The van der Waals surface area contributed by atoms with Gasteiger partial charge in [0.2, 0.25) is 5.91 Å². The molecule has 0 atom stereocenters. The summed E-state index contributed by atoms with van der Waals surface area (Å²) in [6.07, 6.45) is 1.40. The molecular weight excluding hydrogens is 354 g/mol. The quantitative estimate of drug-likeness (QED) is 0.682. The van der Waals surface area contributed by atoms with Crippen LogP contribution in [-0.4, -0.2) is 42.0 Å². The van der Waals surface area contributed by atoms with E-state index in [1.54, 1.807) is 11.3 Å². The maximum atomic E-state index is 12.5. The third kappa shape index (κ3) is 3.98. The Labute approximate surface area is 164 Å². The molecule has 4 nitrogen and oxygen atoms in total. The molecule has 1 fully saturated rings. The summed E-state index contributed by atoms with van der Waals surface area (Å²) in [5, 5.41) is 1.08. The number of nitrogens with zero attached hydrogens (tertiary/aromatic N) is 3. The number of hydrogen-bond donors (Lipinski definition) is 0. The van der Waals surface area contributed by atoms with Crippen LogP contribution in [0.15, 0.2) is 42.5 Å². The first-order chi connectivity index (χ1) is 13.1. The van der Waals surface area contributed by atoms with Crippen LogP contribution in [0.4, 0.5) is 5.13 Å². The molecule has 1 aliphatic rings. The molecule has 1 aromatic heterocycles. The second-order valence-corrected chi connectivity index (χ2v) is 8.26. The third-order valence-corrected chi connectivity index (χ3v) is 6.45. The molecule has 0 aliphatic carbocycles. The van der Waals surface area contributed by atoms with Crippen LogP contribution in [0.25, 0.3) is 10.2 Å². The molecule has 0 unspecified atom stereocenters. The molecule has 3 aromatic rings. The molecule has 0 N–H and O–H groups in total. The molecule has 2 heterocycles. The van der Waals surface area contributed by atoms with Crippen molar-refractivity contribution in [1.82, 2.24) is 9.88 Å². The highest BCUT2D eigenvalue weighted by atomic mass is 32.1. The van der Waals surface area contributed by atoms with Gasteiger partial charge in [0.15, 0.2) is 5.13 Å². The van der Waals surface area contributed by atoms with Crippen molar-refractivity contribution in [2.75, 3.05) is 31.1 Å². The highest BCUT2D eigenvalue weighted by molar-refractivity contribution is 7.22. The fraction of sp³-hybridized carbons (Fsp3) is 0.364. The standard InChI is InChI=1S/C22H25N3OS/c1-16-14-17(2)21-19(15-16)23-22(27-21)25-12-10-24(11-13-25)20(26)9-8-18-6-4-3-5-7-18/h3-7,14-15H,8-13H2,1-2H3. The molecule has 140 valence electrons. The number of rotatable bonds is 4. The minimum absolute atomic E-state index is 0.259. The van der Waals surface area contributed by atoms with Gasteiger partial charge in [-0.2, -0.15) is 0 Å². The summed E-state index contributed by atoms with van der Waals surface area (Å²) in [5.41, 5.74) is 4.87. The first-order valence-corrected chi connectivity index (χ1v) is 10.4. The van der Waals surface area contributed by atoms with E-state index in [2.05, 4.69) is 43.0 Å². The van der Waals surface area contributed by atoms with Gasteiger partial charge >= 0.3 is 0 Å². The van der Waals surface area contributed by atoms with E-state index in [1.165, 1.54) is 21.4 Å². The van der Waals surface area contributed by atoms with Gasteiger partial charge in [0.05, 0.1) is 10.2 Å². The van der Waals surface area contributed by atoms with Crippen LogP contribution in [0, 0.1) is 13.8 Å². The molecule has 0 bridgehead atoms. The van der Waals surface area contributed by atoms with Crippen molar-refractivity contribution in [3.05, 3.63) is 59.2 Å². The minimum Gasteiger partial charge on any atom is -0.345 e. The first kappa shape index (κ1) is 18.0. The van der Waals surface area contributed by atoms with Crippen LogP contribution in [-0.2, 0) is 11.2 Å². The summed E-state index contributed by atoms with van der Waals surface area (Å²) in [7, 11) is 0. The number of carbonyl (C=O) groups excluding carboxylic acids is 1. The van der Waals surface area contributed by atoms with Gasteiger partial charge in [-0.1, -0.05) is 47.7 Å². The van der Waals surface area contributed by atoms with Crippen molar-refractivity contribution >= 4 is 32.6 Å². The number of hydrogen-bond acceptors (Lipinski definition) is 4. The lowest BCUT2D eigenvalue weighted by Crippen LogP contribution is -2.48. The Hall–Kier alpha value is -2.40. The number of carbonyl (C=O) groups is 1.